The van der Waals surface area contributed by atoms with Crippen LogP contribution in [0.15, 0.2) is 29.1 Å². The number of benzene rings is 1. The van der Waals surface area contributed by atoms with Crippen molar-refractivity contribution in [2.75, 3.05) is 7.05 Å². The molecular weight excluding hydrogens is 342 g/mol. The molecule has 0 atom stereocenters. The Morgan fingerprint density at radius 3 is 2.96 bits per heavy atom. The number of halogens is 1. The van der Waals surface area contributed by atoms with Gasteiger partial charge in [-0.15, -0.1) is 11.3 Å². The summed E-state index contributed by atoms with van der Waals surface area (Å²) in [5.74, 6) is 0.710. The van der Waals surface area contributed by atoms with Crippen molar-refractivity contribution in [3.63, 3.8) is 0 Å². The molecule has 6 heteroatoms. The lowest BCUT2D eigenvalue weighted by Crippen LogP contribution is -2.21. The summed E-state index contributed by atoms with van der Waals surface area (Å²) in [7, 11) is 2.00. The minimum absolute atomic E-state index is 0.000503. The zero-order valence-electron chi connectivity index (χ0n) is 13.4. The third kappa shape index (κ3) is 2.88. The summed E-state index contributed by atoms with van der Waals surface area (Å²) in [5, 5.41) is 1.57. The molecule has 0 spiro atoms. The second kappa shape index (κ2) is 6.31. The van der Waals surface area contributed by atoms with Crippen LogP contribution in [0.25, 0.3) is 10.2 Å². The van der Waals surface area contributed by atoms with Gasteiger partial charge in [0.1, 0.15) is 10.7 Å². The Hall–Kier alpha value is -1.69. The summed E-state index contributed by atoms with van der Waals surface area (Å²) in [6, 6.07) is 7.81. The number of hydrogen-bond donors (Lipinski definition) is 1. The molecule has 0 saturated carbocycles. The summed E-state index contributed by atoms with van der Waals surface area (Å²) in [5.41, 5.74) is 2.29. The quantitative estimate of drug-likeness (QED) is 0.771. The van der Waals surface area contributed by atoms with Gasteiger partial charge in [0, 0.05) is 16.4 Å². The van der Waals surface area contributed by atoms with E-state index in [0.717, 1.165) is 40.1 Å². The molecule has 4 rings (SSSR count). The van der Waals surface area contributed by atoms with Crippen molar-refractivity contribution in [1.82, 2.24) is 14.9 Å². The van der Waals surface area contributed by atoms with Crippen molar-refractivity contribution < 1.29 is 0 Å². The number of aromatic nitrogens is 2. The van der Waals surface area contributed by atoms with Crippen LogP contribution >= 0.6 is 22.9 Å². The van der Waals surface area contributed by atoms with Gasteiger partial charge >= 0.3 is 0 Å². The lowest BCUT2D eigenvalue weighted by atomic mass is 10.2. The fraction of sp³-hybridized carbons (Fsp3) is 0.333. The average molecular weight is 360 g/mol. The van der Waals surface area contributed by atoms with Gasteiger partial charge in [-0.25, -0.2) is 4.98 Å². The molecule has 0 saturated heterocycles. The summed E-state index contributed by atoms with van der Waals surface area (Å²) in [6.45, 7) is 1.29. The first-order chi connectivity index (χ1) is 11.6. The van der Waals surface area contributed by atoms with E-state index in [9.17, 15) is 4.79 Å². The lowest BCUT2D eigenvalue weighted by Gasteiger charge is -2.16. The largest absolute Gasteiger partial charge is 0.309 e. The molecule has 2 aromatic heterocycles. The van der Waals surface area contributed by atoms with Crippen molar-refractivity contribution in [2.45, 2.75) is 32.4 Å². The van der Waals surface area contributed by atoms with Gasteiger partial charge < -0.3 is 4.98 Å². The number of nitrogens with zero attached hydrogens (tertiary/aromatic N) is 2. The second-order valence-corrected chi connectivity index (χ2v) is 7.80. The zero-order valence-corrected chi connectivity index (χ0v) is 15.0. The normalized spacial score (nSPS) is 13.8. The predicted octanol–water partition coefficient (Wildman–Crippen LogP) is 3.76. The molecule has 0 aliphatic heterocycles. The Morgan fingerprint density at radius 1 is 1.29 bits per heavy atom. The van der Waals surface area contributed by atoms with Crippen molar-refractivity contribution >= 4 is 33.2 Å². The molecule has 24 heavy (non-hydrogen) atoms. The first-order valence-electron chi connectivity index (χ1n) is 8.07. The molecule has 0 amide bonds. The number of H-pyrrole nitrogens is 1. The van der Waals surface area contributed by atoms with Crippen molar-refractivity contribution in [2.24, 2.45) is 0 Å². The van der Waals surface area contributed by atoms with E-state index in [0.29, 0.717) is 18.9 Å². The number of nitrogens with one attached hydrogen (secondary N) is 1. The SMILES string of the molecule is CN(Cc1nc2sc3c(c2c(=O)[nH]1)CCC3)Cc1ccccc1Cl. The first kappa shape index (κ1) is 15.8. The second-order valence-electron chi connectivity index (χ2n) is 6.31. The third-order valence-corrected chi connectivity index (χ3v) is 6.00. The van der Waals surface area contributed by atoms with E-state index < -0.39 is 0 Å². The molecule has 4 nitrogen and oxygen atoms in total. The Bertz CT molecular complexity index is 963. The van der Waals surface area contributed by atoms with Gasteiger partial charge in [0.25, 0.3) is 5.56 Å². The zero-order chi connectivity index (χ0) is 16.7. The molecule has 1 N–H and O–H groups in total. The van der Waals surface area contributed by atoms with E-state index in [2.05, 4.69) is 9.88 Å². The first-order valence-corrected chi connectivity index (χ1v) is 9.26. The fourth-order valence-electron chi connectivity index (χ4n) is 3.35. The standard InChI is InChI=1S/C18H18ClN3OS/c1-22(9-11-5-2-3-7-13(11)19)10-15-20-17(23)16-12-6-4-8-14(12)24-18(16)21-15/h2-3,5,7H,4,6,8-10H2,1H3,(H,20,21,23). The number of aromatic amines is 1. The summed E-state index contributed by atoms with van der Waals surface area (Å²) in [6.07, 6.45) is 3.24. The molecular formula is C18H18ClN3OS. The highest BCUT2D eigenvalue weighted by Crippen LogP contribution is 2.34. The van der Waals surface area contributed by atoms with Crippen LogP contribution in [0, 0.1) is 0 Å². The minimum Gasteiger partial charge on any atom is -0.309 e. The van der Waals surface area contributed by atoms with Gasteiger partial charge in [0.15, 0.2) is 0 Å². The summed E-state index contributed by atoms with van der Waals surface area (Å²) >= 11 is 7.90. The molecule has 1 aliphatic carbocycles. The number of hydrogen-bond acceptors (Lipinski definition) is 4. The molecule has 0 fully saturated rings. The molecule has 0 radical (unpaired) electrons. The van der Waals surface area contributed by atoms with Crippen LogP contribution in [0.3, 0.4) is 0 Å². The van der Waals surface area contributed by atoms with Crippen LogP contribution in [0.2, 0.25) is 5.02 Å². The Labute approximate surface area is 149 Å². The van der Waals surface area contributed by atoms with Crippen LogP contribution in [-0.4, -0.2) is 21.9 Å². The number of thiophene rings is 1. The van der Waals surface area contributed by atoms with Gasteiger partial charge in [-0.2, -0.15) is 0 Å². The average Bonchev–Trinajstić information content (AvgIpc) is 3.09. The molecule has 3 aromatic rings. The number of fused-ring (bicyclic) bond motifs is 3. The van der Waals surface area contributed by atoms with Crippen LogP contribution < -0.4 is 5.56 Å². The fourth-order valence-corrected chi connectivity index (χ4v) is 4.83. The molecule has 124 valence electrons. The molecule has 2 heterocycles. The van der Waals surface area contributed by atoms with Gasteiger partial charge in [-0.3, -0.25) is 9.69 Å². The van der Waals surface area contributed by atoms with Gasteiger partial charge in [0.05, 0.1) is 11.9 Å². The highest BCUT2D eigenvalue weighted by Gasteiger charge is 2.21. The van der Waals surface area contributed by atoms with Crippen LogP contribution in [0.4, 0.5) is 0 Å². The monoisotopic (exact) mass is 359 g/mol. The molecule has 0 unspecified atom stereocenters. The summed E-state index contributed by atoms with van der Waals surface area (Å²) < 4.78 is 0. The molecule has 1 aliphatic rings. The van der Waals surface area contributed by atoms with E-state index in [1.165, 1.54) is 10.4 Å². The van der Waals surface area contributed by atoms with Crippen molar-refractivity contribution in [3.05, 3.63) is 61.5 Å². The van der Waals surface area contributed by atoms with Crippen LogP contribution in [-0.2, 0) is 25.9 Å². The topological polar surface area (TPSA) is 49.0 Å². The number of rotatable bonds is 4. The van der Waals surface area contributed by atoms with E-state index in [4.69, 9.17) is 16.6 Å². The van der Waals surface area contributed by atoms with Crippen LogP contribution in [0.5, 0.6) is 0 Å². The molecule has 0 bridgehead atoms. The van der Waals surface area contributed by atoms with Crippen LogP contribution in [0.1, 0.15) is 28.2 Å². The highest BCUT2D eigenvalue weighted by atomic mass is 35.5. The highest BCUT2D eigenvalue weighted by molar-refractivity contribution is 7.18. The molecule has 1 aromatic carbocycles. The van der Waals surface area contributed by atoms with E-state index in [-0.39, 0.29) is 5.56 Å². The third-order valence-electron chi connectivity index (χ3n) is 4.44. The summed E-state index contributed by atoms with van der Waals surface area (Å²) in [4.78, 5) is 24.5. The Kier molecular flexibility index (Phi) is 4.16. The van der Waals surface area contributed by atoms with Gasteiger partial charge in [-0.05, 0) is 43.5 Å². The Morgan fingerprint density at radius 2 is 2.12 bits per heavy atom. The Balaban J connectivity index is 1.59. The van der Waals surface area contributed by atoms with Gasteiger partial charge in [-0.1, -0.05) is 29.8 Å². The van der Waals surface area contributed by atoms with E-state index in [1.807, 2.05) is 31.3 Å². The maximum atomic E-state index is 12.5. The van der Waals surface area contributed by atoms with Crippen molar-refractivity contribution in [3.8, 4) is 0 Å². The van der Waals surface area contributed by atoms with E-state index >= 15 is 0 Å². The van der Waals surface area contributed by atoms with Crippen molar-refractivity contribution in [1.29, 1.82) is 0 Å². The smallest absolute Gasteiger partial charge is 0.259 e. The van der Waals surface area contributed by atoms with Gasteiger partial charge in [0.2, 0.25) is 0 Å². The predicted molar refractivity (Wildman–Crippen MR) is 98.9 cm³/mol. The lowest BCUT2D eigenvalue weighted by molar-refractivity contribution is 0.311. The van der Waals surface area contributed by atoms with E-state index in [1.54, 1.807) is 11.3 Å². The maximum absolute atomic E-state index is 12.5. The number of aryl methyl sites for hydroxylation is 2. The minimum atomic E-state index is 0.000503. The maximum Gasteiger partial charge on any atom is 0.259 e.